The lowest BCUT2D eigenvalue weighted by atomic mass is 10.2. The Hall–Kier alpha value is -1.99. The molecule has 3 rings (SSSR count). The summed E-state index contributed by atoms with van der Waals surface area (Å²) in [5.41, 5.74) is 0.367. The maximum atomic E-state index is 13.9. The zero-order valence-electron chi connectivity index (χ0n) is 13.4. The molecule has 0 saturated heterocycles. The Kier molecular flexibility index (Phi) is 4.82. The number of pyridine rings is 1. The molecule has 0 atom stereocenters. The molecule has 1 saturated carbocycles. The second-order valence-electron chi connectivity index (χ2n) is 5.64. The molecule has 0 unspecified atom stereocenters. The van der Waals surface area contributed by atoms with Crippen LogP contribution in [0.25, 0.3) is 0 Å². The van der Waals surface area contributed by atoms with E-state index in [-0.39, 0.29) is 17.5 Å². The SMILES string of the molecule is CCOc1ccc(S(=O)(=O)N(Cc2ccccc2F)C2CC2)cn1. The summed E-state index contributed by atoms with van der Waals surface area (Å²) in [5, 5.41) is 0. The average Bonchev–Trinajstić information content (AvgIpc) is 3.39. The molecule has 5 nitrogen and oxygen atoms in total. The number of hydrogen-bond donors (Lipinski definition) is 0. The van der Waals surface area contributed by atoms with Crippen LogP contribution in [0, 0.1) is 5.82 Å². The van der Waals surface area contributed by atoms with Gasteiger partial charge in [-0.05, 0) is 31.9 Å². The van der Waals surface area contributed by atoms with Crippen LogP contribution in [-0.2, 0) is 16.6 Å². The minimum atomic E-state index is -3.74. The lowest BCUT2D eigenvalue weighted by molar-refractivity contribution is 0.326. The van der Waals surface area contributed by atoms with Gasteiger partial charge in [-0.2, -0.15) is 4.31 Å². The first-order chi connectivity index (χ1) is 11.5. The van der Waals surface area contributed by atoms with Crippen molar-refractivity contribution in [3.63, 3.8) is 0 Å². The molecule has 1 aliphatic carbocycles. The molecule has 7 heteroatoms. The van der Waals surface area contributed by atoms with Gasteiger partial charge in [-0.1, -0.05) is 18.2 Å². The molecule has 1 aromatic heterocycles. The third-order valence-corrected chi connectivity index (χ3v) is 5.73. The van der Waals surface area contributed by atoms with Crippen LogP contribution in [0.4, 0.5) is 4.39 Å². The van der Waals surface area contributed by atoms with Crippen molar-refractivity contribution >= 4 is 10.0 Å². The maximum absolute atomic E-state index is 13.9. The fraction of sp³-hybridized carbons (Fsp3) is 0.353. The molecule has 1 aromatic carbocycles. The highest BCUT2D eigenvalue weighted by Gasteiger charge is 2.38. The fourth-order valence-corrected chi connectivity index (χ4v) is 4.06. The summed E-state index contributed by atoms with van der Waals surface area (Å²) in [6, 6.07) is 9.16. The normalized spacial score (nSPS) is 14.8. The van der Waals surface area contributed by atoms with E-state index in [0.717, 1.165) is 12.8 Å². The summed E-state index contributed by atoms with van der Waals surface area (Å²) < 4.78 is 46.4. The quantitative estimate of drug-likeness (QED) is 0.770. The van der Waals surface area contributed by atoms with E-state index in [1.807, 2.05) is 6.92 Å². The van der Waals surface area contributed by atoms with Crippen molar-refractivity contribution in [2.24, 2.45) is 0 Å². The van der Waals surface area contributed by atoms with Gasteiger partial charge in [-0.15, -0.1) is 0 Å². The van der Waals surface area contributed by atoms with E-state index in [4.69, 9.17) is 4.74 Å². The highest BCUT2D eigenvalue weighted by molar-refractivity contribution is 7.89. The van der Waals surface area contributed by atoms with Gasteiger partial charge in [0.2, 0.25) is 15.9 Å². The molecule has 0 radical (unpaired) electrons. The largest absolute Gasteiger partial charge is 0.478 e. The zero-order chi connectivity index (χ0) is 17.2. The van der Waals surface area contributed by atoms with Crippen molar-refractivity contribution in [1.29, 1.82) is 0 Å². The van der Waals surface area contributed by atoms with Gasteiger partial charge in [0.05, 0.1) is 12.8 Å². The van der Waals surface area contributed by atoms with Gasteiger partial charge in [-0.3, -0.25) is 0 Å². The lowest BCUT2D eigenvalue weighted by Crippen LogP contribution is -2.33. The van der Waals surface area contributed by atoms with E-state index in [0.29, 0.717) is 18.1 Å². The Morgan fingerprint density at radius 3 is 2.58 bits per heavy atom. The summed E-state index contributed by atoms with van der Waals surface area (Å²) in [7, 11) is -3.74. The number of rotatable bonds is 7. The van der Waals surface area contributed by atoms with Crippen molar-refractivity contribution in [3.8, 4) is 5.88 Å². The third kappa shape index (κ3) is 3.57. The van der Waals surface area contributed by atoms with Crippen LogP contribution >= 0.6 is 0 Å². The van der Waals surface area contributed by atoms with Gasteiger partial charge >= 0.3 is 0 Å². The Labute approximate surface area is 141 Å². The monoisotopic (exact) mass is 350 g/mol. The molecule has 0 bridgehead atoms. The summed E-state index contributed by atoms with van der Waals surface area (Å²) in [5.74, 6) is -0.0216. The van der Waals surface area contributed by atoms with E-state index in [1.54, 1.807) is 18.2 Å². The van der Waals surface area contributed by atoms with Crippen LogP contribution < -0.4 is 4.74 Å². The van der Waals surface area contributed by atoms with E-state index in [2.05, 4.69) is 4.98 Å². The molecule has 1 aliphatic rings. The van der Waals surface area contributed by atoms with Crippen molar-refractivity contribution < 1.29 is 17.5 Å². The first-order valence-electron chi connectivity index (χ1n) is 7.86. The molecule has 0 spiro atoms. The van der Waals surface area contributed by atoms with Crippen LogP contribution in [0.3, 0.4) is 0 Å². The minimum absolute atomic E-state index is 0.0207. The number of sulfonamides is 1. The molecule has 24 heavy (non-hydrogen) atoms. The lowest BCUT2D eigenvalue weighted by Gasteiger charge is -2.22. The molecule has 0 N–H and O–H groups in total. The van der Waals surface area contributed by atoms with Crippen molar-refractivity contribution in [2.45, 2.75) is 37.2 Å². The number of aromatic nitrogens is 1. The maximum Gasteiger partial charge on any atom is 0.245 e. The molecule has 0 aliphatic heterocycles. The van der Waals surface area contributed by atoms with Crippen molar-refractivity contribution in [3.05, 3.63) is 54.0 Å². The van der Waals surface area contributed by atoms with Gasteiger partial charge in [0.15, 0.2) is 0 Å². The Bertz CT molecular complexity index is 805. The molecule has 2 aromatic rings. The standard InChI is InChI=1S/C17H19FN2O3S/c1-2-23-17-10-9-15(11-19-17)24(21,22)20(14-7-8-14)12-13-5-3-4-6-16(13)18/h3-6,9-11,14H,2,7-8,12H2,1H3. The van der Waals surface area contributed by atoms with Gasteiger partial charge < -0.3 is 4.74 Å². The first-order valence-corrected chi connectivity index (χ1v) is 9.30. The van der Waals surface area contributed by atoms with Crippen LogP contribution in [-0.4, -0.2) is 30.4 Å². The van der Waals surface area contributed by atoms with Gasteiger partial charge in [0.25, 0.3) is 0 Å². The fourth-order valence-electron chi connectivity index (χ4n) is 2.46. The molecule has 1 heterocycles. The third-order valence-electron chi connectivity index (χ3n) is 3.85. The molecule has 128 valence electrons. The predicted octanol–water partition coefficient (Wildman–Crippen LogP) is 2.97. The first kappa shape index (κ1) is 16.9. The Balaban J connectivity index is 1.88. The smallest absolute Gasteiger partial charge is 0.245 e. The van der Waals surface area contributed by atoms with Crippen LogP contribution in [0.5, 0.6) is 5.88 Å². The number of hydrogen-bond acceptors (Lipinski definition) is 4. The van der Waals surface area contributed by atoms with Gasteiger partial charge in [0.1, 0.15) is 10.7 Å². The van der Waals surface area contributed by atoms with Crippen LogP contribution in [0.2, 0.25) is 0 Å². The zero-order valence-corrected chi connectivity index (χ0v) is 14.2. The highest BCUT2D eigenvalue weighted by atomic mass is 32.2. The average molecular weight is 350 g/mol. The van der Waals surface area contributed by atoms with E-state index < -0.39 is 15.8 Å². The second kappa shape index (κ2) is 6.86. The number of benzene rings is 1. The van der Waals surface area contributed by atoms with Crippen LogP contribution in [0.15, 0.2) is 47.5 Å². The van der Waals surface area contributed by atoms with E-state index in [9.17, 15) is 12.8 Å². The predicted molar refractivity (Wildman–Crippen MR) is 87.6 cm³/mol. The second-order valence-corrected chi connectivity index (χ2v) is 7.53. The van der Waals surface area contributed by atoms with E-state index in [1.165, 1.54) is 28.7 Å². The topological polar surface area (TPSA) is 59.5 Å². The molecule has 1 fully saturated rings. The number of ether oxygens (including phenoxy) is 1. The molecule has 0 amide bonds. The Morgan fingerprint density at radius 2 is 2.00 bits per heavy atom. The van der Waals surface area contributed by atoms with Gasteiger partial charge in [0, 0.05) is 24.2 Å². The van der Waals surface area contributed by atoms with Crippen molar-refractivity contribution in [1.82, 2.24) is 9.29 Å². The number of nitrogens with zero attached hydrogens (tertiary/aromatic N) is 2. The summed E-state index contributed by atoms with van der Waals surface area (Å²) in [4.78, 5) is 4.11. The minimum Gasteiger partial charge on any atom is -0.478 e. The Morgan fingerprint density at radius 1 is 1.25 bits per heavy atom. The van der Waals surface area contributed by atoms with E-state index >= 15 is 0 Å². The molecular weight excluding hydrogens is 331 g/mol. The van der Waals surface area contributed by atoms with Crippen molar-refractivity contribution in [2.75, 3.05) is 6.61 Å². The summed E-state index contributed by atoms with van der Waals surface area (Å²) in [6.45, 7) is 2.31. The van der Waals surface area contributed by atoms with Crippen LogP contribution in [0.1, 0.15) is 25.3 Å². The summed E-state index contributed by atoms with van der Waals surface area (Å²) >= 11 is 0. The number of halogens is 1. The highest BCUT2D eigenvalue weighted by Crippen LogP contribution is 2.34. The summed E-state index contributed by atoms with van der Waals surface area (Å²) in [6.07, 6.45) is 2.87. The molecular formula is C17H19FN2O3S. The van der Waals surface area contributed by atoms with Gasteiger partial charge in [-0.25, -0.2) is 17.8 Å².